The lowest BCUT2D eigenvalue weighted by Gasteiger charge is -2.22. The van der Waals surface area contributed by atoms with Gasteiger partial charge in [-0.1, -0.05) is 24.3 Å². The Morgan fingerprint density at radius 2 is 2.18 bits per heavy atom. The van der Waals surface area contributed by atoms with Crippen LogP contribution in [-0.4, -0.2) is 27.2 Å². The Hall–Kier alpha value is -2.92. The maximum Gasteiger partial charge on any atom is 0.340 e. The van der Waals surface area contributed by atoms with Crippen LogP contribution in [0.2, 0.25) is 0 Å². The van der Waals surface area contributed by atoms with Gasteiger partial charge in [-0.05, 0) is 44.4 Å². The zero-order chi connectivity index (χ0) is 19.8. The van der Waals surface area contributed by atoms with Crippen LogP contribution < -0.4 is 0 Å². The summed E-state index contributed by atoms with van der Waals surface area (Å²) in [5, 5.41) is 9.94. The highest BCUT2D eigenvalue weighted by molar-refractivity contribution is 6.05. The number of aliphatic hydroxyl groups is 1. The Labute approximate surface area is 164 Å². The van der Waals surface area contributed by atoms with Crippen LogP contribution in [0.3, 0.4) is 0 Å². The molecule has 1 aliphatic rings. The standard InChI is InChI=1S/C23H24N2O3/c1-4-28-23(27)21-20(18-6-5-10-24-13-18)14(2)25-11-9-17-12-16(15(3)26)7-8-19(17)22(21)25/h5-8,10,12-13,15,26H,4,9,11H2,1-3H3. The number of pyridine rings is 1. The average Bonchev–Trinajstić information content (AvgIpc) is 3.01. The van der Waals surface area contributed by atoms with Gasteiger partial charge in [0.1, 0.15) is 0 Å². The minimum atomic E-state index is -0.517. The van der Waals surface area contributed by atoms with E-state index in [2.05, 4.69) is 9.55 Å². The number of carbonyl (C=O) groups is 1. The van der Waals surface area contributed by atoms with E-state index in [0.717, 1.165) is 52.2 Å². The van der Waals surface area contributed by atoms with E-state index in [1.807, 2.05) is 44.2 Å². The molecule has 3 heterocycles. The van der Waals surface area contributed by atoms with Gasteiger partial charge in [0.05, 0.1) is 24.0 Å². The van der Waals surface area contributed by atoms with Gasteiger partial charge in [-0.25, -0.2) is 4.79 Å². The van der Waals surface area contributed by atoms with Gasteiger partial charge >= 0.3 is 5.97 Å². The van der Waals surface area contributed by atoms with Crippen LogP contribution in [0.15, 0.2) is 42.7 Å². The zero-order valence-corrected chi connectivity index (χ0v) is 16.4. The molecule has 0 saturated heterocycles. The Morgan fingerprint density at radius 1 is 1.36 bits per heavy atom. The summed E-state index contributed by atoms with van der Waals surface area (Å²) >= 11 is 0. The Kier molecular flexibility index (Phi) is 4.77. The lowest BCUT2D eigenvalue weighted by Crippen LogP contribution is -2.15. The molecule has 5 nitrogen and oxygen atoms in total. The molecule has 0 fully saturated rings. The maximum atomic E-state index is 13.0. The number of ether oxygens (including phenoxy) is 1. The van der Waals surface area contributed by atoms with E-state index in [1.54, 1.807) is 19.3 Å². The highest BCUT2D eigenvalue weighted by Crippen LogP contribution is 2.42. The second kappa shape index (κ2) is 7.24. The topological polar surface area (TPSA) is 64.3 Å². The molecule has 1 aromatic carbocycles. The van der Waals surface area contributed by atoms with Gasteiger partial charge < -0.3 is 14.4 Å². The molecule has 0 bridgehead atoms. The largest absolute Gasteiger partial charge is 0.462 e. The van der Waals surface area contributed by atoms with Crippen LogP contribution in [0.25, 0.3) is 22.4 Å². The minimum absolute atomic E-state index is 0.314. The first kappa shape index (κ1) is 18.4. The Balaban J connectivity index is 2.00. The number of carbonyl (C=O) groups excluding carboxylic acids is 1. The summed E-state index contributed by atoms with van der Waals surface area (Å²) in [7, 11) is 0. The second-order valence-electron chi connectivity index (χ2n) is 7.14. The quantitative estimate of drug-likeness (QED) is 0.689. The molecular formula is C23H24N2O3. The van der Waals surface area contributed by atoms with E-state index in [0.29, 0.717) is 12.2 Å². The molecule has 1 aliphatic heterocycles. The predicted octanol–water partition coefficient (Wildman–Crippen LogP) is 4.31. The van der Waals surface area contributed by atoms with Gasteiger partial charge in [0.25, 0.3) is 0 Å². The molecule has 4 rings (SSSR count). The number of aromatic nitrogens is 2. The molecular weight excluding hydrogens is 352 g/mol. The van der Waals surface area contributed by atoms with Gasteiger partial charge in [-0.15, -0.1) is 0 Å². The first-order chi connectivity index (χ1) is 13.5. The van der Waals surface area contributed by atoms with E-state index >= 15 is 0 Å². The number of esters is 1. The lowest BCUT2D eigenvalue weighted by molar-refractivity contribution is 0.0528. The third-order valence-corrected chi connectivity index (χ3v) is 5.42. The van der Waals surface area contributed by atoms with Crippen molar-refractivity contribution < 1.29 is 14.6 Å². The Morgan fingerprint density at radius 3 is 2.86 bits per heavy atom. The van der Waals surface area contributed by atoms with E-state index in [9.17, 15) is 9.90 Å². The smallest absolute Gasteiger partial charge is 0.340 e. The highest BCUT2D eigenvalue weighted by Gasteiger charge is 2.31. The molecule has 144 valence electrons. The molecule has 3 aromatic rings. The molecule has 1 unspecified atom stereocenters. The molecule has 2 aromatic heterocycles. The molecule has 1 atom stereocenters. The van der Waals surface area contributed by atoms with Gasteiger partial charge in [-0.2, -0.15) is 0 Å². The molecule has 0 saturated carbocycles. The summed E-state index contributed by atoms with van der Waals surface area (Å²) in [5.74, 6) is -0.314. The summed E-state index contributed by atoms with van der Waals surface area (Å²) in [6.07, 6.45) is 3.85. The number of rotatable bonds is 4. The summed E-state index contributed by atoms with van der Waals surface area (Å²) in [5.41, 5.74) is 7.38. The van der Waals surface area contributed by atoms with Crippen molar-refractivity contribution in [1.82, 2.24) is 9.55 Å². The van der Waals surface area contributed by atoms with Crippen LogP contribution in [0, 0.1) is 6.92 Å². The fraction of sp³-hybridized carbons (Fsp3) is 0.304. The fourth-order valence-electron chi connectivity index (χ4n) is 4.11. The van der Waals surface area contributed by atoms with E-state index in [4.69, 9.17) is 4.74 Å². The van der Waals surface area contributed by atoms with E-state index in [-0.39, 0.29) is 5.97 Å². The van der Waals surface area contributed by atoms with Crippen molar-refractivity contribution >= 4 is 5.97 Å². The average molecular weight is 376 g/mol. The normalized spacial score (nSPS) is 13.6. The van der Waals surface area contributed by atoms with E-state index < -0.39 is 6.10 Å². The van der Waals surface area contributed by atoms with Crippen molar-refractivity contribution in [3.63, 3.8) is 0 Å². The fourth-order valence-corrected chi connectivity index (χ4v) is 4.11. The van der Waals surface area contributed by atoms with Gasteiger partial charge in [-0.3, -0.25) is 4.98 Å². The molecule has 0 amide bonds. The van der Waals surface area contributed by atoms with Gasteiger partial charge in [0.2, 0.25) is 0 Å². The maximum absolute atomic E-state index is 13.0. The third-order valence-electron chi connectivity index (χ3n) is 5.42. The van der Waals surface area contributed by atoms with Crippen molar-refractivity contribution in [3.05, 3.63) is 65.1 Å². The van der Waals surface area contributed by atoms with Gasteiger partial charge in [0.15, 0.2) is 0 Å². The molecule has 28 heavy (non-hydrogen) atoms. The molecule has 0 aliphatic carbocycles. The van der Waals surface area contributed by atoms with Crippen LogP contribution >= 0.6 is 0 Å². The summed E-state index contributed by atoms with van der Waals surface area (Å²) < 4.78 is 7.64. The van der Waals surface area contributed by atoms with Crippen molar-refractivity contribution in [2.75, 3.05) is 6.61 Å². The monoisotopic (exact) mass is 376 g/mol. The number of benzene rings is 1. The number of aliphatic hydroxyl groups excluding tert-OH is 1. The van der Waals surface area contributed by atoms with Crippen molar-refractivity contribution in [2.45, 2.75) is 39.8 Å². The van der Waals surface area contributed by atoms with Crippen molar-refractivity contribution in [3.8, 4) is 22.4 Å². The lowest BCUT2D eigenvalue weighted by atomic mass is 9.92. The van der Waals surface area contributed by atoms with E-state index in [1.165, 1.54) is 0 Å². The van der Waals surface area contributed by atoms with Crippen molar-refractivity contribution in [1.29, 1.82) is 0 Å². The van der Waals surface area contributed by atoms with Crippen molar-refractivity contribution in [2.24, 2.45) is 0 Å². The molecule has 1 N–H and O–H groups in total. The predicted molar refractivity (Wildman–Crippen MR) is 108 cm³/mol. The Bertz CT molecular complexity index is 1040. The van der Waals surface area contributed by atoms with Crippen LogP contribution in [0.1, 0.15) is 47.1 Å². The molecule has 0 spiro atoms. The highest BCUT2D eigenvalue weighted by atomic mass is 16.5. The summed E-state index contributed by atoms with van der Waals surface area (Å²) in [4.78, 5) is 17.3. The number of hydrogen-bond acceptors (Lipinski definition) is 4. The number of fused-ring (bicyclic) bond motifs is 3. The van der Waals surface area contributed by atoms with Crippen LogP contribution in [-0.2, 0) is 17.7 Å². The van der Waals surface area contributed by atoms with Gasteiger partial charge in [0, 0.05) is 41.3 Å². The number of hydrogen-bond donors (Lipinski definition) is 1. The summed E-state index contributed by atoms with van der Waals surface area (Å²) in [6.45, 7) is 6.73. The molecule has 0 radical (unpaired) electrons. The first-order valence-corrected chi connectivity index (χ1v) is 9.64. The van der Waals surface area contributed by atoms with Crippen LogP contribution in [0.5, 0.6) is 0 Å². The summed E-state index contributed by atoms with van der Waals surface area (Å²) in [6, 6.07) is 9.84. The number of nitrogens with zero attached hydrogens (tertiary/aromatic N) is 2. The number of aryl methyl sites for hydroxylation is 1. The third kappa shape index (κ3) is 2.92. The second-order valence-corrected chi connectivity index (χ2v) is 7.14. The molecule has 5 heteroatoms. The minimum Gasteiger partial charge on any atom is -0.462 e. The zero-order valence-electron chi connectivity index (χ0n) is 16.4. The first-order valence-electron chi connectivity index (χ1n) is 9.64. The SMILES string of the molecule is CCOC(=O)c1c(-c2cccnc2)c(C)n2c1-c1ccc(C(C)O)cc1CC2. The van der Waals surface area contributed by atoms with Crippen LogP contribution in [0.4, 0.5) is 0 Å².